The van der Waals surface area contributed by atoms with Gasteiger partial charge in [-0.15, -0.1) is 6.42 Å². The molecule has 0 saturated carbocycles. The van der Waals surface area contributed by atoms with E-state index in [9.17, 15) is 9.36 Å². The first kappa shape index (κ1) is 34.6. The van der Waals surface area contributed by atoms with Gasteiger partial charge in [0, 0.05) is 37.7 Å². The van der Waals surface area contributed by atoms with Crippen molar-refractivity contribution in [2.45, 2.75) is 39.7 Å². The highest BCUT2D eigenvalue weighted by Gasteiger charge is 2.21. The summed E-state index contributed by atoms with van der Waals surface area (Å²) in [5.74, 6) is 47.0. The normalized spacial score (nSPS) is 10.3. The fraction of sp³-hybridized carbons (Fsp3) is 0.312. The number of methoxy groups -OCH3 is 1. The van der Waals surface area contributed by atoms with Crippen molar-refractivity contribution in [3.05, 3.63) is 6.66 Å². The number of terminal acetylenes is 1. The SMILES string of the molecule is C#CC#CC#CC#CC#CC#CC#CC#CC#CC#CC.[CH2-][P@@](C)(=O)OC[C@@H](CC(=O)CC)[C@@H](C)OC. The van der Waals surface area contributed by atoms with E-state index in [0.29, 0.717) is 12.8 Å². The summed E-state index contributed by atoms with van der Waals surface area (Å²) in [6.07, 6.45) is 5.70. The van der Waals surface area contributed by atoms with Crippen molar-refractivity contribution in [3.63, 3.8) is 0 Å². The second-order valence-corrected chi connectivity index (χ2v) is 8.91. The number of carbonyl (C=O) groups is 1. The summed E-state index contributed by atoms with van der Waals surface area (Å²) in [6, 6.07) is 0. The predicted octanol–water partition coefficient (Wildman–Crippen LogP) is 3.39. The van der Waals surface area contributed by atoms with E-state index in [2.05, 4.69) is 119 Å². The van der Waals surface area contributed by atoms with Gasteiger partial charge in [0.1, 0.15) is 5.78 Å². The first-order valence-electron chi connectivity index (χ1n) is 10.7. The Balaban J connectivity index is 0. The van der Waals surface area contributed by atoms with E-state index in [-0.39, 0.29) is 24.4 Å². The summed E-state index contributed by atoms with van der Waals surface area (Å²) in [5.41, 5.74) is 0. The van der Waals surface area contributed by atoms with Gasteiger partial charge in [-0.05, 0) is 115 Å². The topological polar surface area (TPSA) is 52.6 Å². The molecule has 0 rings (SSSR count). The minimum Gasteiger partial charge on any atom is -0.381 e. The second-order valence-electron chi connectivity index (χ2n) is 6.63. The van der Waals surface area contributed by atoms with Gasteiger partial charge < -0.3 is 13.8 Å². The molecule has 0 spiro atoms. The monoisotopic (exact) mass is 505 g/mol. The summed E-state index contributed by atoms with van der Waals surface area (Å²) in [6.45, 7) is 10.5. The van der Waals surface area contributed by atoms with Crippen molar-refractivity contribution >= 4 is 13.2 Å². The molecule has 0 aromatic heterocycles. The van der Waals surface area contributed by atoms with E-state index in [1.165, 1.54) is 6.66 Å². The Labute approximate surface area is 223 Å². The third-order valence-electron chi connectivity index (χ3n) is 3.68. The van der Waals surface area contributed by atoms with Crippen molar-refractivity contribution in [1.29, 1.82) is 0 Å². The number of carbonyl (C=O) groups excluding carboxylic acids is 1. The Bertz CT molecular complexity index is 1430. The maximum absolute atomic E-state index is 11.4. The lowest BCUT2D eigenvalue weighted by Crippen LogP contribution is -2.26. The van der Waals surface area contributed by atoms with Crippen LogP contribution in [0.2, 0.25) is 0 Å². The average Bonchev–Trinajstić information content (AvgIpc) is 2.87. The smallest absolute Gasteiger partial charge is 0.133 e. The maximum Gasteiger partial charge on any atom is 0.133 e. The van der Waals surface area contributed by atoms with Crippen LogP contribution >= 0.6 is 7.37 Å². The summed E-state index contributed by atoms with van der Waals surface area (Å²) in [5, 5.41) is 0. The molecule has 0 unspecified atom stereocenters. The molecule has 0 amide bonds. The van der Waals surface area contributed by atoms with Crippen molar-refractivity contribution in [2.24, 2.45) is 5.92 Å². The molecule has 0 bridgehead atoms. The molecule has 37 heavy (non-hydrogen) atoms. The molecule has 3 atom stereocenters. The van der Waals surface area contributed by atoms with Gasteiger partial charge in [0.05, 0.1) is 20.1 Å². The number of rotatable bonds is 8. The Morgan fingerprint density at radius 2 is 1.22 bits per heavy atom. The maximum atomic E-state index is 11.4. The molecule has 184 valence electrons. The largest absolute Gasteiger partial charge is 0.381 e. The first-order chi connectivity index (χ1) is 17.7. The summed E-state index contributed by atoms with van der Waals surface area (Å²) in [7, 11) is -1.15. The lowest BCUT2D eigenvalue weighted by atomic mass is 9.97. The molecule has 5 heteroatoms. The highest BCUT2D eigenvalue weighted by Crippen LogP contribution is 2.40. The standard InChI is InChI=1S/C21H4.C11H22O4P/c1-3-5-7-9-11-13-15-17-19-21-20-18-16-14-12-10-8-6-4-2;1-6-11(12)7-10(9(2)14-3)8-15-16(4,5)13/h1H,2H3;9-10H,4,6-8H2,1-3,5H3/q;-1/t;9-,10-,16-/m.1/s1. The Kier molecular flexibility index (Phi) is 22.9. The third kappa shape index (κ3) is 27.5. The van der Waals surface area contributed by atoms with Crippen LogP contribution in [0.5, 0.6) is 0 Å². The molecule has 0 aliphatic heterocycles. The Morgan fingerprint density at radius 1 is 0.838 bits per heavy atom. The van der Waals surface area contributed by atoms with E-state index in [1.54, 1.807) is 14.0 Å². The van der Waals surface area contributed by atoms with Crippen LogP contribution in [-0.2, 0) is 18.6 Å². The van der Waals surface area contributed by atoms with Crippen molar-refractivity contribution in [3.8, 4) is 119 Å². The van der Waals surface area contributed by atoms with Gasteiger partial charge >= 0.3 is 0 Å². The van der Waals surface area contributed by atoms with Gasteiger partial charge in [0.15, 0.2) is 0 Å². The van der Waals surface area contributed by atoms with Gasteiger partial charge in [-0.2, -0.15) is 0 Å². The number of ether oxygens (including phenoxy) is 1. The fourth-order valence-corrected chi connectivity index (χ4v) is 2.32. The molecule has 0 aromatic carbocycles. The van der Waals surface area contributed by atoms with Gasteiger partial charge in [0.2, 0.25) is 0 Å². The molecular weight excluding hydrogens is 479 g/mol. The molecule has 0 aromatic rings. The lowest BCUT2D eigenvalue weighted by molar-refractivity contribution is -0.121. The van der Waals surface area contributed by atoms with Crippen LogP contribution in [0.4, 0.5) is 0 Å². The van der Waals surface area contributed by atoms with Gasteiger partial charge in [-0.25, -0.2) is 0 Å². The van der Waals surface area contributed by atoms with Crippen molar-refractivity contribution in [1.82, 2.24) is 0 Å². The molecule has 0 fully saturated rings. The first-order valence-corrected chi connectivity index (χ1v) is 13.0. The minimum atomic E-state index is -2.74. The zero-order chi connectivity index (χ0) is 28.2. The van der Waals surface area contributed by atoms with Crippen LogP contribution in [0.3, 0.4) is 0 Å². The van der Waals surface area contributed by atoms with Crippen molar-refractivity contribution in [2.75, 3.05) is 20.4 Å². The zero-order valence-corrected chi connectivity index (χ0v) is 22.5. The molecular formula is C32H26O4P-. The van der Waals surface area contributed by atoms with Crippen LogP contribution in [0.25, 0.3) is 0 Å². The van der Waals surface area contributed by atoms with E-state index in [0.717, 1.165) is 0 Å². The number of ketones is 1. The molecule has 4 nitrogen and oxygen atoms in total. The van der Waals surface area contributed by atoms with E-state index < -0.39 is 7.37 Å². The third-order valence-corrected chi connectivity index (χ3v) is 4.37. The molecule has 0 saturated heterocycles. The van der Waals surface area contributed by atoms with E-state index in [4.69, 9.17) is 15.7 Å². The van der Waals surface area contributed by atoms with Crippen LogP contribution in [0.15, 0.2) is 0 Å². The molecule has 0 heterocycles. The van der Waals surface area contributed by atoms with E-state index in [1.807, 2.05) is 13.8 Å². The van der Waals surface area contributed by atoms with Gasteiger partial charge in [0.25, 0.3) is 0 Å². The fourth-order valence-electron chi connectivity index (χ4n) is 1.81. The van der Waals surface area contributed by atoms with Crippen LogP contribution < -0.4 is 0 Å². The quantitative estimate of drug-likeness (QED) is 0.288. The zero-order valence-electron chi connectivity index (χ0n) is 21.6. The minimum absolute atomic E-state index is 0.0625. The number of hydrogen-bond acceptors (Lipinski definition) is 4. The molecule has 0 aliphatic carbocycles. The molecule has 0 N–H and O–H groups in total. The summed E-state index contributed by atoms with van der Waals surface area (Å²) >= 11 is 0. The Hall–Kier alpha value is -4.58. The van der Waals surface area contributed by atoms with Crippen molar-refractivity contribution < 1.29 is 18.6 Å². The van der Waals surface area contributed by atoms with Crippen LogP contribution in [0.1, 0.15) is 33.6 Å². The van der Waals surface area contributed by atoms with E-state index >= 15 is 0 Å². The predicted molar refractivity (Wildman–Crippen MR) is 149 cm³/mol. The van der Waals surface area contributed by atoms with Gasteiger partial charge in [-0.1, -0.05) is 12.8 Å². The number of Topliss-reactive ketones (excluding diaryl/α,β-unsaturated/α-hetero) is 1. The second kappa shape index (κ2) is 24.5. The summed E-state index contributed by atoms with van der Waals surface area (Å²) in [4.78, 5) is 11.4. The molecule has 0 radical (unpaired) electrons. The summed E-state index contributed by atoms with van der Waals surface area (Å²) < 4.78 is 21.7. The van der Waals surface area contributed by atoms with Crippen LogP contribution in [-0.4, -0.2) is 32.3 Å². The van der Waals surface area contributed by atoms with Gasteiger partial charge in [-0.3, -0.25) is 11.5 Å². The highest BCUT2D eigenvalue weighted by atomic mass is 31.2. The highest BCUT2D eigenvalue weighted by molar-refractivity contribution is 7.59. The lowest BCUT2D eigenvalue weighted by Gasteiger charge is -2.25. The average molecular weight is 506 g/mol. The Morgan fingerprint density at radius 3 is 1.51 bits per heavy atom. The molecule has 0 aliphatic rings. The van der Waals surface area contributed by atoms with Crippen LogP contribution in [0, 0.1) is 131 Å². The number of hydrogen-bond donors (Lipinski definition) is 0.